The summed E-state index contributed by atoms with van der Waals surface area (Å²) >= 11 is 0. The van der Waals surface area contributed by atoms with Crippen molar-refractivity contribution < 1.29 is 9.18 Å². The smallest absolute Gasteiger partial charge is 0.220 e. The van der Waals surface area contributed by atoms with Gasteiger partial charge in [0.15, 0.2) is 0 Å². The van der Waals surface area contributed by atoms with Gasteiger partial charge in [-0.2, -0.15) is 0 Å². The molecule has 1 aliphatic heterocycles. The van der Waals surface area contributed by atoms with Crippen LogP contribution in [-0.2, 0) is 4.79 Å². The van der Waals surface area contributed by atoms with E-state index < -0.39 is 0 Å². The van der Waals surface area contributed by atoms with Gasteiger partial charge in [-0.1, -0.05) is 48.5 Å². The topological polar surface area (TPSA) is 32.3 Å². The van der Waals surface area contributed by atoms with Crippen molar-refractivity contribution in [2.24, 2.45) is 0 Å². The van der Waals surface area contributed by atoms with Gasteiger partial charge in [0.2, 0.25) is 5.91 Å². The molecule has 1 saturated heterocycles. The third-order valence-corrected chi connectivity index (χ3v) is 4.82. The van der Waals surface area contributed by atoms with Crippen molar-refractivity contribution in [1.82, 2.24) is 10.2 Å². The summed E-state index contributed by atoms with van der Waals surface area (Å²) in [6, 6.07) is 16.4. The van der Waals surface area contributed by atoms with Gasteiger partial charge in [0.05, 0.1) is 0 Å². The van der Waals surface area contributed by atoms with Crippen molar-refractivity contribution in [1.29, 1.82) is 0 Å². The van der Waals surface area contributed by atoms with Crippen LogP contribution in [0.15, 0.2) is 54.6 Å². The van der Waals surface area contributed by atoms with Gasteiger partial charge in [-0.05, 0) is 43.1 Å². The molecule has 0 radical (unpaired) electrons. The van der Waals surface area contributed by atoms with Gasteiger partial charge >= 0.3 is 0 Å². The van der Waals surface area contributed by atoms with Crippen LogP contribution in [-0.4, -0.2) is 37.0 Å². The Balaban J connectivity index is 1.65. The lowest BCUT2D eigenvalue weighted by Gasteiger charge is -2.19. The Labute approximate surface area is 148 Å². The van der Waals surface area contributed by atoms with Crippen molar-refractivity contribution in [3.63, 3.8) is 0 Å². The third-order valence-electron chi connectivity index (χ3n) is 4.82. The number of nitrogens with zero attached hydrogens (tertiary/aromatic N) is 1. The van der Waals surface area contributed by atoms with Gasteiger partial charge in [-0.25, -0.2) is 4.39 Å². The highest BCUT2D eigenvalue weighted by molar-refractivity contribution is 5.77. The summed E-state index contributed by atoms with van der Waals surface area (Å²) in [5.41, 5.74) is 1.53. The van der Waals surface area contributed by atoms with Gasteiger partial charge in [0.1, 0.15) is 5.82 Å². The first-order valence-electron chi connectivity index (χ1n) is 9.02. The normalized spacial score (nSPS) is 15.9. The maximum Gasteiger partial charge on any atom is 0.220 e. The zero-order valence-electron chi connectivity index (χ0n) is 14.5. The number of halogens is 1. The number of rotatable bonds is 7. The monoisotopic (exact) mass is 340 g/mol. The Kier molecular flexibility index (Phi) is 6.18. The summed E-state index contributed by atoms with van der Waals surface area (Å²) in [7, 11) is 0. The van der Waals surface area contributed by atoms with E-state index >= 15 is 0 Å². The van der Waals surface area contributed by atoms with Crippen LogP contribution >= 0.6 is 0 Å². The van der Waals surface area contributed by atoms with E-state index in [0.717, 1.165) is 25.2 Å². The van der Waals surface area contributed by atoms with Crippen molar-refractivity contribution in [3.8, 4) is 0 Å². The fraction of sp³-hybridized carbons (Fsp3) is 0.381. The van der Waals surface area contributed by atoms with E-state index in [9.17, 15) is 9.18 Å². The Bertz CT molecular complexity index is 683. The molecule has 2 aromatic rings. The molecule has 1 unspecified atom stereocenters. The molecule has 1 amide bonds. The lowest BCUT2D eigenvalue weighted by atomic mass is 9.88. The number of amides is 1. The Hall–Kier alpha value is -2.20. The van der Waals surface area contributed by atoms with Crippen LogP contribution in [0, 0.1) is 5.82 Å². The zero-order chi connectivity index (χ0) is 17.5. The molecule has 0 aliphatic carbocycles. The second kappa shape index (κ2) is 8.77. The van der Waals surface area contributed by atoms with Crippen LogP contribution in [0.25, 0.3) is 0 Å². The Morgan fingerprint density at radius 3 is 2.44 bits per heavy atom. The van der Waals surface area contributed by atoms with Gasteiger partial charge in [-0.15, -0.1) is 0 Å². The summed E-state index contributed by atoms with van der Waals surface area (Å²) < 4.78 is 14.3. The fourth-order valence-electron chi connectivity index (χ4n) is 3.47. The minimum absolute atomic E-state index is 0.0312. The average molecular weight is 340 g/mol. The lowest BCUT2D eigenvalue weighted by Crippen LogP contribution is -2.34. The van der Waals surface area contributed by atoms with Crippen molar-refractivity contribution in [2.45, 2.75) is 25.2 Å². The molecular weight excluding hydrogens is 315 g/mol. The number of benzene rings is 2. The molecule has 1 aliphatic rings. The Morgan fingerprint density at radius 1 is 1.04 bits per heavy atom. The number of likely N-dealkylation sites (tertiary alicyclic amines) is 1. The minimum Gasteiger partial charge on any atom is -0.355 e. The van der Waals surface area contributed by atoms with E-state index in [1.165, 1.54) is 18.9 Å². The predicted molar refractivity (Wildman–Crippen MR) is 98.0 cm³/mol. The second-order valence-corrected chi connectivity index (χ2v) is 6.59. The molecule has 0 bridgehead atoms. The first-order chi connectivity index (χ1) is 12.2. The van der Waals surface area contributed by atoms with Crippen LogP contribution in [0.3, 0.4) is 0 Å². The second-order valence-electron chi connectivity index (χ2n) is 6.59. The molecule has 3 rings (SSSR count). The van der Waals surface area contributed by atoms with Crippen LogP contribution in [0.4, 0.5) is 4.39 Å². The third kappa shape index (κ3) is 4.89. The van der Waals surface area contributed by atoms with E-state index in [-0.39, 0.29) is 24.1 Å². The first-order valence-corrected chi connectivity index (χ1v) is 9.02. The molecule has 4 heteroatoms. The number of hydrogen-bond acceptors (Lipinski definition) is 2. The van der Waals surface area contributed by atoms with Crippen LogP contribution in [0.1, 0.15) is 36.3 Å². The molecule has 2 aromatic carbocycles. The van der Waals surface area contributed by atoms with Crippen LogP contribution in [0.2, 0.25) is 0 Å². The van der Waals surface area contributed by atoms with Gasteiger partial charge in [-0.3, -0.25) is 4.79 Å². The van der Waals surface area contributed by atoms with E-state index in [2.05, 4.69) is 10.2 Å². The highest BCUT2D eigenvalue weighted by Crippen LogP contribution is 2.29. The number of nitrogens with one attached hydrogen (secondary N) is 1. The molecule has 1 heterocycles. The molecule has 1 N–H and O–H groups in total. The van der Waals surface area contributed by atoms with Crippen molar-refractivity contribution >= 4 is 5.91 Å². The highest BCUT2D eigenvalue weighted by Gasteiger charge is 2.21. The standard InChI is InChI=1S/C21H25FN2O/c22-20-11-5-4-10-18(20)19(17-8-2-1-3-9-17)16-21(25)23-12-15-24-13-6-7-14-24/h1-5,8-11,19H,6-7,12-16H2,(H,23,25). The molecule has 0 saturated carbocycles. The fourth-order valence-corrected chi connectivity index (χ4v) is 3.47. The van der Waals surface area contributed by atoms with Crippen molar-refractivity contribution in [3.05, 3.63) is 71.5 Å². The molecular formula is C21H25FN2O. The molecule has 0 aromatic heterocycles. The van der Waals surface area contributed by atoms with Crippen LogP contribution < -0.4 is 5.32 Å². The number of carbonyl (C=O) groups excluding carboxylic acids is 1. The maximum atomic E-state index is 14.3. The highest BCUT2D eigenvalue weighted by atomic mass is 19.1. The van der Waals surface area contributed by atoms with E-state index in [0.29, 0.717) is 12.1 Å². The number of hydrogen-bond donors (Lipinski definition) is 1. The summed E-state index contributed by atoms with van der Waals surface area (Å²) in [6.07, 6.45) is 2.75. The molecule has 0 spiro atoms. The van der Waals surface area contributed by atoms with Crippen molar-refractivity contribution in [2.75, 3.05) is 26.2 Å². The van der Waals surface area contributed by atoms with Gasteiger partial charge in [0, 0.05) is 25.4 Å². The summed E-state index contributed by atoms with van der Waals surface area (Å²) in [5, 5.41) is 3.00. The summed E-state index contributed by atoms with van der Waals surface area (Å²) in [4.78, 5) is 14.8. The van der Waals surface area contributed by atoms with E-state index in [4.69, 9.17) is 0 Å². The summed E-state index contributed by atoms with van der Waals surface area (Å²) in [6.45, 7) is 3.79. The molecule has 1 fully saturated rings. The van der Waals surface area contributed by atoms with Gasteiger partial charge < -0.3 is 10.2 Å². The average Bonchev–Trinajstić information content (AvgIpc) is 3.15. The zero-order valence-corrected chi connectivity index (χ0v) is 14.5. The lowest BCUT2D eigenvalue weighted by molar-refractivity contribution is -0.121. The molecule has 132 valence electrons. The largest absolute Gasteiger partial charge is 0.355 e. The number of carbonyl (C=O) groups is 1. The SMILES string of the molecule is O=C(CC(c1ccccc1)c1ccccc1F)NCCN1CCCC1. The molecule has 25 heavy (non-hydrogen) atoms. The van der Waals surface area contributed by atoms with E-state index in [1.807, 2.05) is 36.4 Å². The summed E-state index contributed by atoms with van der Waals surface area (Å²) in [5.74, 6) is -0.563. The van der Waals surface area contributed by atoms with Crippen LogP contribution in [0.5, 0.6) is 0 Å². The predicted octanol–water partition coefficient (Wildman–Crippen LogP) is 3.56. The Morgan fingerprint density at radius 2 is 1.72 bits per heavy atom. The van der Waals surface area contributed by atoms with Gasteiger partial charge in [0.25, 0.3) is 0 Å². The minimum atomic E-state index is -0.269. The quantitative estimate of drug-likeness (QED) is 0.836. The molecule has 3 nitrogen and oxygen atoms in total. The maximum absolute atomic E-state index is 14.3. The first kappa shape index (κ1) is 17.6. The molecule has 1 atom stereocenters. The van der Waals surface area contributed by atoms with E-state index in [1.54, 1.807) is 12.1 Å².